The van der Waals surface area contributed by atoms with Crippen molar-refractivity contribution in [1.29, 1.82) is 0 Å². The Morgan fingerprint density at radius 1 is 1.33 bits per heavy atom. The summed E-state index contributed by atoms with van der Waals surface area (Å²) in [7, 11) is 1.53. The van der Waals surface area contributed by atoms with E-state index in [1.54, 1.807) is 0 Å². The summed E-state index contributed by atoms with van der Waals surface area (Å²) in [6, 6.07) is 7.81. The number of carbonyl (C=O) groups is 1. The van der Waals surface area contributed by atoms with E-state index in [-0.39, 0.29) is 12.4 Å². The molecular weight excluding hydrogens is 188 g/mol. The van der Waals surface area contributed by atoms with E-state index in [0.717, 1.165) is 12.0 Å². The molecule has 0 bridgehead atoms. The van der Waals surface area contributed by atoms with Crippen LogP contribution < -0.4 is 0 Å². The maximum absolute atomic E-state index is 11.5. The zero-order valence-corrected chi connectivity index (χ0v) is 9.62. The molecule has 0 aliphatic carbocycles. The lowest BCUT2D eigenvalue weighted by Crippen LogP contribution is -2.06. The Hall–Kier alpha value is -1.15. The van der Waals surface area contributed by atoms with Crippen molar-refractivity contribution in [3.8, 4) is 0 Å². The first-order valence-electron chi connectivity index (χ1n) is 5.31. The molecule has 0 amide bonds. The number of Topliss-reactive ketones (excluding diaryl/α,β-unsaturated/α-hetero) is 1. The van der Waals surface area contributed by atoms with Crippen LogP contribution in [0.5, 0.6) is 0 Å². The lowest BCUT2D eigenvalue weighted by atomic mass is 9.97. The molecule has 0 saturated carbocycles. The molecule has 0 N–H and O–H groups in total. The zero-order valence-electron chi connectivity index (χ0n) is 9.62. The van der Waals surface area contributed by atoms with Gasteiger partial charge in [0.1, 0.15) is 6.61 Å². The lowest BCUT2D eigenvalue weighted by Gasteiger charge is -2.09. The van der Waals surface area contributed by atoms with Crippen LogP contribution in [-0.4, -0.2) is 19.5 Å². The largest absolute Gasteiger partial charge is 0.377 e. The topological polar surface area (TPSA) is 26.3 Å². The number of methoxy groups -OCH3 is 1. The number of hydrogen-bond donors (Lipinski definition) is 0. The highest BCUT2D eigenvalue weighted by atomic mass is 16.5. The molecule has 1 rings (SSSR count). The zero-order chi connectivity index (χ0) is 11.3. The van der Waals surface area contributed by atoms with E-state index in [1.807, 2.05) is 24.3 Å². The van der Waals surface area contributed by atoms with E-state index in [0.29, 0.717) is 5.92 Å². The number of benzene rings is 1. The van der Waals surface area contributed by atoms with Gasteiger partial charge in [0.25, 0.3) is 0 Å². The van der Waals surface area contributed by atoms with Crippen LogP contribution in [-0.2, 0) is 4.74 Å². The van der Waals surface area contributed by atoms with Crippen molar-refractivity contribution in [2.45, 2.75) is 26.2 Å². The Labute approximate surface area is 91.3 Å². The number of rotatable bonds is 5. The summed E-state index contributed by atoms with van der Waals surface area (Å²) >= 11 is 0. The van der Waals surface area contributed by atoms with Crippen molar-refractivity contribution in [2.75, 3.05) is 13.7 Å². The van der Waals surface area contributed by atoms with Gasteiger partial charge in [0, 0.05) is 12.7 Å². The quantitative estimate of drug-likeness (QED) is 0.692. The molecule has 1 aromatic rings. The van der Waals surface area contributed by atoms with Gasteiger partial charge in [-0.2, -0.15) is 0 Å². The van der Waals surface area contributed by atoms with Crippen LogP contribution in [0.4, 0.5) is 0 Å². The second kappa shape index (κ2) is 5.66. The summed E-state index contributed by atoms with van der Waals surface area (Å²) in [6.07, 6.45) is 1.12. The van der Waals surface area contributed by atoms with Crippen LogP contribution in [0.25, 0.3) is 0 Å². The van der Waals surface area contributed by atoms with Gasteiger partial charge in [0.05, 0.1) is 0 Å². The molecule has 1 atom stereocenters. The first-order chi connectivity index (χ1) is 7.19. The highest BCUT2D eigenvalue weighted by Crippen LogP contribution is 2.18. The summed E-state index contributed by atoms with van der Waals surface area (Å²) in [6.45, 7) is 4.50. The fraction of sp³-hybridized carbons (Fsp3) is 0.462. The van der Waals surface area contributed by atoms with E-state index in [9.17, 15) is 4.79 Å². The molecule has 1 aromatic carbocycles. The van der Waals surface area contributed by atoms with E-state index in [4.69, 9.17) is 4.74 Å². The highest BCUT2D eigenvalue weighted by molar-refractivity contribution is 5.97. The molecule has 0 aliphatic rings. The van der Waals surface area contributed by atoms with Crippen LogP contribution in [0.15, 0.2) is 24.3 Å². The van der Waals surface area contributed by atoms with E-state index in [2.05, 4.69) is 13.8 Å². The number of hydrogen-bond acceptors (Lipinski definition) is 2. The summed E-state index contributed by atoms with van der Waals surface area (Å²) in [4.78, 5) is 11.5. The smallest absolute Gasteiger partial charge is 0.188 e. The summed E-state index contributed by atoms with van der Waals surface area (Å²) < 4.78 is 4.81. The van der Waals surface area contributed by atoms with E-state index < -0.39 is 0 Å². The fourth-order valence-corrected chi connectivity index (χ4v) is 1.45. The minimum Gasteiger partial charge on any atom is -0.377 e. The number of ketones is 1. The van der Waals surface area contributed by atoms with E-state index >= 15 is 0 Å². The minimum atomic E-state index is 0.0354. The van der Waals surface area contributed by atoms with Gasteiger partial charge >= 0.3 is 0 Å². The Kier molecular flexibility index (Phi) is 4.50. The van der Waals surface area contributed by atoms with Crippen molar-refractivity contribution in [2.24, 2.45) is 0 Å². The van der Waals surface area contributed by atoms with Gasteiger partial charge in [-0.1, -0.05) is 38.1 Å². The maximum atomic E-state index is 11.5. The average molecular weight is 206 g/mol. The van der Waals surface area contributed by atoms with Crippen LogP contribution >= 0.6 is 0 Å². The fourth-order valence-electron chi connectivity index (χ4n) is 1.45. The second-order valence-electron chi connectivity index (χ2n) is 3.79. The number of ether oxygens (including phenoxy) is 1. The third-order valence-corrected chi connectivity index (χ3v) is 2.69. The Morgan fingerprint density at radius 3 is 2.40 bits per heavy atom. The van der Waals surface area contributed by atoms with E-state index in [1.165, 1.54) is 12.7 Å². The minimum absolute atomic E-state index is 0.0354. The van der Waals surface area contributed by atoms with Gasteiger partial charge in [0.15, 0.2) is 5.78 Å². The average Bonchev–Trinajstić information content (AvgIpc) is 2.28. The molecule has 1 unspecified atom stereocenters. The third kappa shape index (κ3) is 3.17. The summed E-state index contributed by atoms with van der Waals surface area (Å²) in [5, 5.41) is 0. The molecule has 0 heterocycles. The van der Waals surface area contributed by atoms with Crippen LogP contribution in [0, 0.1) is 0 Å². The van der Waals surface area contributed by atoms with Crippen molar-refractivity contribution in [3.05, 3.63) is 35.4 Å². The molecule has 2 nitrogen and oxygen atoms in total. The molecule has 82 valence electrons. The van der Waals surface area contributed by atoms with Crippen molar-refractivity contribution < 1.29 is 9.53 Å². The standard InChI is InChI=1S/C13H18O2/c1-4-10(2)11-5-7-12(8-6-11)13(14)9-15-3/h5-8,10H,4,9H2,1-3H3. The molecule has 0 aromatic heterocycles. The Morgan fingerprint density at radius 2 is 1.93 bits per heavy atom. The molecule has 15 heavy (non-hydrogen) atoms. The van der Waals surface area contributed by atoms with Gasteiger partial charge in [-0.05, 0) is 17.9 Å². The van der Waals surface area contributed by atoms with Gasteiger partial charge in [-0.15, -0.1) is 0 Å². The molecule has 0 fully saturated rings. The second-order valence-corrected chi connectivity index (χ2v) is 3.79. The highest BCUT2D eigenvalue weighted by Gasteiger charge is 2.06. The van der Waals surface area contributed by atoms with Gasteiger partial charge in [-0.3, -0.25) is 4.79 Å². The molecular formula is C13H18O2. The third-order valence-electron chi connectivity index (χ3n) is 2.69. The van der Waals surface area contributed by atoms with Crippen LogP contribution in [0.3, 0.4) is 0 Å². The normalized spacial score (nSPS) is 12.5. The molecule has 0 radical (unpaired) electrons. The van der Waals surface area contributed by atoms with Gasteiger partial charge < -0.3 is 4.74 Å². The van der Waals surface area contributed by atoms with Gasteiger partial charge in [0.2, 0.25) is 0 Å². The van der Waals surface area contributed by atoms with Gasteiger partial charge in [-0.25, -0.2) is 0 Å². The molecule has 2 heteroatoms. The Balaban J connectivity index is 2.76. The SMILES string of the molecule is CCC(C)c1ccc(C(=O)COC)cc1. The Bertz CT molecular complexity index is 314. The number of carbonyl (C=O) groups excluding carboxylic acids is 1. The molecule has 0 saturated heterocycles. The predicted molar refractivity (Wildman–Crippen MR) is 61.4 cm³/mol. The van der Waals surface area contributed by atoms with Crippen LogP contribution in [0.1, 0.15) is 42.1 Å². The van der Waals surface area contributed by atoms with Crippen molar-refractivity contribution in [1.82, 2.24) is 0 Å². The van der Waals surface area contributed by atoms with Crippen molar-refractivity contribution in [3.63, 3.8) is 0 Å². The monoisotopic (exact) mass is 206 g/mol. The molecule has 0 aliphatic heterocycles. The first-order valence-corrected chi connectivity index (χ1v) is 5.31. The lowest BCUT2D eigenvalue weighted by molar-refractivity contribution is 0.0848. The summed E-state index contributed by atoms with van der Waals surface area (Å²) in [5.41, 5.74) is 2.01. The van der Waals surface area contributed by atoms with Crippen molar-refractivity contribution >= 4 is 5.78 Å². The van der Waals surface area contributed by atoms with Crippen LogP contribution in [0.2, 0.25) is 0 Å². The molecule has 0 spiro atoms. The predicted octanol–water partition coefficient (Wildman–Crippen LogP) is 3.03. The summed E-state index contributed by atoms with van der Waals surface area (Å²) in [5.74, 6) is 0.588. The first kappa shape index (κ1) is 11.9. The maximum Gasteiger partial charge on any atom is 0.188 e.